The van der Waals surface area contributed by atoms with E-state index < -0.39 is 0 Å². The molecule has 124 valence electrons. The predicted octanol–water partition coefficient (Wildman–Crippen LogP) is 3.18. The van der Waals surface area contributed by atoms with Gasteiger partial charge in [-0.1, -0.05) is 28.1 Å². The Labute approximate surface area is 149 Å². The van der Waals surface area contributed by atoms with Crippen LogP contribution in [-0.4, -0.2) is 23.4 Å². The quantitative estimate of drug-likeness (QED) is 0.640. The first kappa shape index (κ1) is 14.7. The van der Waals surface area contributed by atoms with Crippen LogP contribution in [-0.2, 0) is 9.59 Å². The zero-order valence-electron chi connectivity index (χ0n) is 13.4. The van der Waals surface area contributed by atoms with Gasteiger partial charge in [0.05, 0.1) is 18.5 Å². The molecule has 1 saturated heterocycles. The minimum atomic E-state index is -0.107. The van der Waals surface area contributed by atoms with Crippen molar-refractivity contribution >= 4 is 33.4 Å². The van der Waals surface area contributed by atoms with Gasteiger partial charge in [-0.05, 0) is 60.8 Å². The van der Waals surface area contributed by atoms with Gasteiger partial charge in [0.15, 0.2) is 0 Å². The molecule has 1 heterocycles. The van der Waals surface area contributed by atoms with Crippen LogP contribution in [0.2, 0.25) is 0 Å². The summed E-state index contributed by atoms with van der Waals surface area (Å²) < 4.78 is 1.02. The zero-order valence-corrected chi connectivity index (χ0v) is 15.0. The van der Waals surface area contributed by atoms with Gasteiger partial charge in [0, 0.05) is 10.2 Å². The highest BCUT2D eigenvalue weighted by Crippen LogP contribution is 2.65. The number of carbonyl (C=O) groups is 2. The molecule has 1 aromatic rings. The third kappa shape index (κ3) is 1.91. The van der Waals surface area contributed by atoms with Crippen LogP contribution >= 0.6 is 15.9 Å². The Hall–Kier alpha value is -1.62. The summed E-state index contributed by atoms with van der Waals surface area (Å²) in [5.74, 6) is 1.73. The molecule has 0 unspecified atom stereocenters. The molecule has 6 atom stereocenters. The molecule has 5 heteroatoms. The van der Waals surface area contributed by atoms with Crippen molar-refractivity contribution in [3.05, 3.63) is 40.4 Å². The smallest absolute Gasteiger partial charge is 0.235 e. The Kier molecular flexibility index (Phi) is 3.03. The number of amides is 2. The second-order valence-electron chi connectivity index (χ2n) is 7.55. The van der Waals surface area contributed by atoms with Crippen LogP contribution in [0.5, 0.6) is 0 Å². The van der Waals surface area contributed by atoms with E-state index in [9.17, 15) is 9.59 Å². The summed E-state index contributed by atoms with van der Waals surface area (Å²) in [7, 11) is 0. The van der Waals surface area contributed by atoms with E-state index in [1.807, 2.05) is 25.1 Å². The largest absolute Gasteiger partial charge is 0.367 e. The Morgan fingerprint density at radius 2 is 1.75 bits per heavy atom. The summed E-state index contributed by atoms with van der Waals surface area (Å²) in [5, 5.41) is 3.27. The van der Waals surface area contributed by atoms with Gasteiger partial charge < -0.3 is 5.32 Å². The normalized spacial score (nSPS) is 38.3. The van der Waals surface area contributed by atoms with Gasteiger partial charge in [-0.2, -0.15) is 0 Å². The third-order valence-electron chi connectivity index (χ3n) is 6.37. The van der Waals surface area contributed by atoms with Crippen molar-refractivity contribution in [1.82, 2.24) is 4.90 Å². The van der Waals surface area contributed by atoms with E-state index in [-0.39, 0.29) is 30.3 Å². The molecule has 2 amide bonds. The molecule has 1 aromatic carbocycles. The number of hydrogen-bond acceptors (Lipinski definition) is 3. The number of nitrogens with zero attached hydrogens (tertiary/aromatic N) is 1. The predicted molar refractivity (Wildman–Crippen MR) is 93.9 cm³/mol. The number of imide groups is 1. The van der Waals surface area contributed by atoms with Crippen LogP contribution in [0.15, 0.2) is 34.8 Å². The zero-order chi connectivity index (χ0) is 16.6. The number of likely N-dealkylation sites (tertiary alicyclic amines) is 1. The Morgan fingerprint density at radius 3 is 2.33 bits per heavy atom. The van der Waals surface area contributed by atoms with Crippen LogP contribution in [0.4, 0.5) is 5.69 Å². The number of halogens is 1. The van der Waals surface area contributed by atoms with Crippen molar-refractivity contribution in [1.29, 1.82) is 0 Å². The summed E-state index contributed by atoms with van der Waals surface area (Å²) in [6, 6.07) is 5.95. The highest BCUT2D eigenvalue weighted by atomic mass is 79.9. The topological polar surface area (TPSA) is 49.4 Å². The Morgan fingerprint density at radius 1 is 1.12 bits per heavy atom. The Balaban J connectivity index is 1.37. The third-order valence-corrected chi connectivity index (χ3v) is 6.86. The van der Waals surface area contributed by atoms with Gasteiger partial charge in [-0.25, -0.2) is 0 Å². The fraction of sp³-hybridized carbons (Fsp3) is 0.474. The summed E-state index contributed by atoms with van der Waals surface area (Å²) >= 11 is 3.45. The average molecular weight is 387 g/mol. The summed E-state index contributed by atoms with van der Waals surface area (Å²) in [6.45, 7) is 2.28. The van der Waals surface area contributed by atoms with Crippen molar-refractivity contribution in [3.8, 4) is 0 Å². The van der Waals surface area contributed by atoms with E-state index in [0.29, 0.717) is 23.7 Å². The summed E-state index contributed by atoms with van der Waals surface area (Å²) in [5.41, 5.74) is 2.04. The first-order valence-corrected chi connectivity index (χ1v) is 9.39. The molecule has 0 spiro atoms. The second kappa shape index (κ2) is 4.94. The SMILES string of the molecule is Cc1cc(Br)ccc1NCN1C(=O)[C@H]2[C@@H]3C=C[C@H]([C@@H]4C[C@H]34)[C@@H]2C1=O. The lowest BCUT2D eigenvalue weighted by Gasteiger charge is -2.37. The highest BCUT2D eigenvalue weighted by molar-refractivity contribution is 9.10. The van der Waals surface area contributed by atoms with Crippen molar-refractivity contribution in [3.63, 3.8) is 0 Å². The van der Waals surface area contributed by atoms with Gasteiger partial charge in [0.25, 0.3) is 0 Å². The lowest BCUT2D eigenvalue weighted by molar-refractivity contribution is -0.139. The van der Waals surface area contributed by atoms with Crippen molar-refractivity contribution in [2.24, 2.45) is 35.5 Å². The number of aryl methyl sites for hydroxylation is 1. The maximum Gasteiger partial charge on any atom is 0.235 e. The average Bonchev–Trinajstić information content (AvgIpc) is 3.33. The van der Waals surface area contributed by atoms with E-state index in [4.69, 9.17) is 0 Å². The molecule has 2 bridgehead atoms. The first-order chi connectivity index (χ1) is 11.6. The molecular weight excluding hydrogens is 368 g/mol. The molecule has 24 heavy (non-hydrogen) atoms. The molecule has 3 fully saturated rings. The first-order valence-electron chi connectivity index (χ1n) is 8.60. The van der Waals surface area contributed by atoms with E-state index in [1.54, 1.807) is 0 Å². The number of benzene rings is 1. The standard InChI is InChI=1S/C19H19BrN2O2/c1-9-6-10(20)2-5-15(9)21-8-22-18(23)16-11-3-4-12(14-7-13(11)14)17(16)19(22)24/h2-6,11-14,16-17,21H,7-8H2,1H3/t11-,12-,13-,14+,16+,17+/m1/s1. The van der Waals surface area contributed by atoms with E-state index >= 15 is 0 Å². The molecule has 0 aromatic heterocycles. The molecule has 4 aliphatic carbocycles. The number of rotatable bonds is 3. The summed E-state index contributed by atoms with van der Waals surface area (Å²) in [6.07, 6.45) is 5.62. The van der Waals surface area contributed by atoms with Crippen LogP contribution in [0.25, 0.3) is 0 Å². The maximum atomic E-state index is 12.9. The lowest BCUT2D eigenvalue weighted by atomic mass is 9.63. The summed E-state index contributed by atoms with van der Waals surface area (Å²) in [4.78, 5) is 27.2. The Bertz CT molecular complexity index is 754. The van der Waals surface area contributed by atoms with Gasteiger partial charge >= 0.3 is 0 Å². The maximum absolute atomic E-state index is 12.9. The van der Waals surface area contributed by atoms with Crippen molar-refractivity contribution < 1.29 is 9.59 Å². The van der Waals surface area contributed by atoms with E-state index in [0.717, 1.165) is 15.7 Å². The van der Waals surface area contributed by atoms with Crippen LogP contribution < -0.4 is 5.32 Å². The molecule has 0 radical (unpaired) electrons. The molecule has 2 saturated carbocycles. The van der Waals surface area contributed by atoms with Crippen LogP contribution in [0.1, 0.15) is 12.0 Å². The van der Waals surface area contributed by atoms with Gasteiger partial charge in [-0.3, -0.25) is 14.5 Å². The fourth-order valence-electron chi connectivity index (χ4n) is 5.16. The molecule has 1 aliphatic heterocycles. The molecule has 6 rings (SSSR count). The minimum Gasteiger partial charge on any atom is -0.367 e. The van der Waals surface area contributed by atoms with Crippen molar-refractivity contribution in [2.75, 3.05) is 12.0 Å². The van der Waals surface area contributed by atoms with Gasteiger partial charge in [-0.15, -0.1) is 0 Å². The number of nitrogens with one attached hydrogen (secondary N) is 1. The lowest BCUT2D eigenvalue weighted by Crippen LogP contribution is -2.40. The van der Waals surface area contributed by atoms with Gasteiger partial charge in [0.1, 0.15) is 0 Å². The number of allylic oxidation sites excluding steroid dienone is 2. The number of anilines is 1. The molecule has 4 nitrogen and oxygen atoms in total. The second-order valence-corrected chi connectivity index (χ2v) is 8.47. The molecular formula is C19H19BrN2O2. The molecule has 1 N–H and O–H groups in total. The fourth-order valence-corrected chi connectivity index (χ4v) is 5.64. The van der Waals surface area contributed by atoms with Crippen LogP contribution in [0, 0.1) is 42.4 Å². The number of carbonyl (C=O) groups excluding carboxylic acids is 2. The van der Waals surface area contributed by atoms with E-state index in [2.05, 4.69) is 33.4 Å². The van der Waals surface area contributed by atoms with Crippen LogP contribution in [0.3, 0.4) is 0 Å². The monoisotopic (exact) mass is 386 g/mol. The van der Waals surface area contributed by atoms with Crippen molar-refractivity contribution in [2.45, 2.75) is 13.3 Å². The highest BCUT2D eigenvalue weighted by Gasteiger charge is 2.66. The minimum absolute atomic E-state index is 0.0250. The van der Waals surface area contributed by atoms with Gasteiger partial charge in [0.2, 0.25) is 11.8 Å². The van der Waals surface area contributed by atoms with E-state index in [1.165, 1.54) is 11.3 Å². The molecule has 5 aliphatic rings. The number of hydrogen-bond donors (Lipinski definition) is 1.